The molecule has 0 amide bonds. The van der Waals surface area contributed by atoms with Gasteiger partial charge in [-0.2, -0.15) is 0 Å². The third-order valence-electron chi connectivity index (χ3n) is 5.80. The van der Waals surface area contributed by atoms with Crippen molar-refractivity contribution >= 4 is 26.0 Å². The summed E-state index contributed by atoms with van der Waals surface area (Å²) < 4.78 is 16.3. The largest absolute Gasteiger partial charge is 0.466 e. The van der Waals surface area contributed by atoms with Crippen molar-refractivity contribution in [1.29, 1.82) is 0 Å². The Morgan fingerprint density at radius 1 is 0.892 bits per heavy atom. The molecule has 37 heavy (non-hydrogen) atoms. The molecule has 0 aliphatic heterocycles. The van der Waals surface area contributed by atoms with E-state index in [0.717, 1.165) is 23.6 Å². The van der Waals surface area contributed by atoms with Crippen LogP contribution in [-0.2, 0) is 32.1 Å². The second-order valence-corrected chi connectivity index (χ2v) is 16.4. The predicted octanol–water partition coefficient (Wildman–Crippen LogP) is 6.61. The number of rotatable bonds is 14. The van der Waals surface area contributed by atoms with E-state index in [4.69, 9.17) is 14.2 Å². The first-order chi connectivity index (χ1) is 17.5. The Kier molecular flexibility index (Phi) is 11.8. The van der Waals surface area contributed by atoms with Gasteiger partial charge in [-0.05, 0) is 60.7 Å². The van der Waals surface area contributed by atoms with Crippen LogP contribution in [0.25, 0.3) is 0 Å². The maximum Gasteiger partial charge on any atom is 0.338 e. The third-order valence-corrected chi connectivity index (χ3v) is 7.51. The van der Waals surface area contributed by atoms with E-state index < -0.39 is 14.0 Å². The van der Waals surface area contributed by atoms with Gasteiger partial charge in [0.25, 0.3) is 0 Å². The number of hydrogen-bond acceptors (Lipinski definition) is 6. The molecule has 0 saturated heterocycles. The molecule has 0 fully saturated rings. The molecule has 1 atom stereocenters. The van der Waals surface area contributed by atoms with Gasteiger partial charge in [-0.1, -0.05) is 63.8 Å². The highest BCUT2D eigenvalue weighted by atomic mass is 28.3. The maximum absolute atomic E-state index is 12.7. The topological polar surface area (TPSA) is 78.9 Å². The van der Waals surface area contributed by atoms with Gasteiger partial charge in [-0.3, -0.25) is 9.59 Å². The summed E-state index contributed by atoms with van der Waals surface area (Å²) >= 11 is 0. The van der Waals surface area contributed by atoms with Crippen molar-refractivity contribution in [2.24, 2.45) is 11.8 Å². The maximum atomic E-state index is 12.7. The lowest BCUT2D eigenvalue weighted by Gasteiger charge is -2.19. The number of ether oxygens (including phenoxy) is 3. The van der Waals surface area contributed by atoms with E-state index in [1.807, 2.05) is 18.2 Å². The van der Waals surface area contributed by atoms with Crippen LogP contribution in [0.3, 0.4) is 0 Å². The molecule has 0 radical (unpaired) electrons. The minimum absolute atomic E-state index is 0.103. The first-order valence-electron chi connectivity index (χ1n) is 12.8. The molecule has 2 rings (SSSR count). The molecule has 1 unspecified atom stereocenters. The van der Waals surface area contributed by atoms with Gasteiger partial charge in [-0.15, -0.1) is 6.58 Å². The number of allylic oxidation sites excluding steroid dienone is 1. The van der Waals surface area contributed by atoms with Gasteiger partial charge in [0.05, 0.1) is 24.0 Å². The molecule has 2 aromatic rings. The first kappa shape index (κ1) is 30.0. The number of carbonyl (C=O) groups excluding carboxylic acids is 3. The summed E-state index contributed by atoms with van der Waals surface area (Å²) in [6.45, 7) is 14.6. The van der Waals surface area contributed by atoms with Crippen LogP contribution < -0.4 is 4.74 Å². The Labute approximate surface area is 222 Å². The van der Waals surface area contributed by atoms with Crippen molar-refractivity contribution in [3.63, 3.8) is 0 Å². The van der Waals surface area contributed by atoms with Crippen molar-refractivity contribution in [2.45, 2.75) is 65.4 Å². The zero-order chi connectivity index (χ0) is 27.4. The second-order valence-electron chi connectivity index (χ2n) is 10.7. The van der Waals surface area contributed by atoms with E-state index in [2.05, 4.69) is 26.2 Å². The van der Waals surface area contributed by atoms with E-state index in [1.165, 1.54) is 0 Å². The van der Waals surface area contributed by atoms with E-state index in [9.17, 15) is 14.4 Å². The van der Waals surface area contributed by atoms with Gasteiger partial charge in [0.1, 0.15) is 12.4 Å². The molecule has 0 saturated carbocycles. The molecule has 0 aliphatic rings. The number of carbonyl (C=O) groups is 3. The van der Waals surface area contributed by atoms with Crippen LogP contribution >= 0.6 is 0 Å². The van der Waals surface area contributed by atoms with Crippen LogP contribution in [0, 0.1) is 11.8 Å². The van der Waals surface area contributed by atoms with Crippen molar-refractivity contribution in [1.82, 2.24) is 0 Å². The van der Waals surface area contributed by atoms with Crippen molar-refractivity contribution in [2.75, 3.05) is 6.61 Å². The smallest absolute Gasteiger partial charge is 0.338 e. The SMILES string of the molecule is C=CCCC(Cc1ccc(C(=O)OCc2ccc(OC(=O)C(C)C)cc2)cc1)C(=O)OCC[Si](C)(C)C. The first-order valence-corrected chi connectivity index (χ1v) is 16.5. The Morgan fingerprint density at radius 2 is 1.51 bits per heavy atom. The number of esters is 3. The average molecular weight is 525 g/mol. The molecule has 0 bridgehead atoms. The molecule has 200 valence electrons. The lowest BCUT2D eigenvalue weighted by Crippen LogP contribution is -2.25. The van der Waals surface area contributed by atoms with Crippen LogP contribution in [0.4, 0.5) is 0 Å². The summed E-state index contributed by atoms with van der Waals surface area (Å²) in [6, 6.07) is 14.9. The minimum atomic E-state index is -1.27. The average Bonchev–Trinajstić information content (AvgIpc) is 2.85. The summed E-state index contributed by atoms with van der Waals surface area (Å²) in [5.74, 6) is -0.910. The summed E-state index contributed by atoms with van der Waals surface area (Å²) in [6.07, 6.45) is 3.77. The molecule has 0 N–H and O–H groups in total. The molecule has 0 aromatic heterocycles. The second kappa shape index (κ2) is 14.5. The summed E-state index contributed by atoms with van der Waals surface area (Å²) in [5, 5.41) is 0. The summed E-state index contributed by atoms with van der Waals surface area (Å²) in [7, 11) is -1.27. The number of hydrogen-bond donors (Lipinski definition) is 0. The highest BCUT2D eigenvalue weighted by molar-refractivity contribution is 6.76. The fraction of sp³-hybridized carbons (Fsp3) is 0.433. The van der Waals surface area contributed by atoms with Crippen LogP contribution in [0.5, 0.6) is 5.75 Å². The van der Waals surface area contributed by atoms with Gasteiger partial charge in [0.15, 0.2) is 0 Å². The van der Waals surface area contributed by atoms with E-state index in [0.29, 0.717) is 30.8 Å². The molecule has 7 heteroatoms. The zero-order valence-electron chi connectivity index (χ0n) is 22.8. The minimum Gasteiger partial charge on any atom is -0.466 e. The Morgan fingerprint density at radius 3 is 2.08 bits per heavy atom. The highest BCUT2D eigenvalue weighted by Crippen LogP contribution is 2.19. The quantitative estimate of drug-likeness (QED) is 0.120. The molecule has 0 heterocycles. The van der Waals surface area contributed by atoms with Gasteiger partial charge >= 0.3 is 17.9 Å². The Balaban J connectivity index is 1.90. The standard InChI is InChI=1S/C30H40O6Si/c1-7-8-9-26(30(33)34-18-19-37(4,5)6)20-23-10-14-25(15-11-23)29(32)35-21-24-12-16-27(17-13-24)36-28(31)22(2)3/h7,10-17,22,26H,1,8-9,18-21H2,2-6H3. The van der Waals surface area contributed by atoms with Crippen LogP contribution in [0.2, 0.25) is 25.7 Å². The lowest BCUT2D eigenvalue weighted by atomic mass is 9.94. The van der Waals surface area contributed by atoms with Gasteiger partial charge in [-0.25, -0.2) is 4.79 Å². The molecule has 6 nitrogen and oxygen atoms in total. The van der Waals surface area contributed by atoms with Gasteiger partial charge in [0, 0.05) is 8.07 Å². The molecule has 0 spiro atoms. The van der Waals surface area contributed by atoms with E-state index in [1.54, 1.807) is 50.2 Å². The van der Waals surface area contributed by atoms with Crippen molar-refractivity contribution in [3.05, 3.63) is 77.9 Å². The monoisotopic (exact) mass is 524 g/mol. The fourth-order valence-electron chi connectivity index (χ4n) is 3.38. The zero-order valence-corrected chi connectivity index (χ0v) is 23.8. The Bertz CT molecular complexity index is 1040. The highest BCUT2D eigenvalue weighted by Gasteiger charge is 2.22. The predicted molar refractivity (Wildman–Crippen MR) is 148 cm³/mol. The van der Waals surface area contributed by atoms with Gasteiger partial charge in [0.2, 0.25) is 0 Å². The number of benzene rings is 2. The van der Waals surface area contributed by atoms with E-state index >= 15 is 0 Å². The lowest BCUT2D eigenvalue weighted by molar-refractivity contribution is -0.148. The molecular weight excluding hydrogens is 484 g/mol. The van der Waals surface area contributed by atoms with E-state index in [-0.39, 0.29) is 30.4 Å². The van der Waals surface area contributed by atoms with Crippen LogP contribution in [-0.4, -0.2) is 32.6 Å². The van der Waals surface area contributed by atoms with Crippen molar-refractivity contribution < 1.29 is 28.6 Å². The van der Waals surface area contributed by atoms with Crippen LogP contribution in [0.1, 0.15) is 48.2 Å². The summed E-state index contributed by atoms with van der Waals surface area (Å²) in [5.41, 5.74) is 2.18. The molecule has 2 aromatic carbocycles. The van der Waals surface area contributed by atoms with Crippen molar-refractivity contribution in [3.8, 4) is 5.75 Å². The normalized spacial score (nSPS) is 12.1. The van der Waals surface area contributed by atoms with Crippen LogP contribution in [0.15, 0.2) is 61.2 Å². The fourth-order valence-corrected chi connectivity index (χ4v) is 4.09. The Hall–Kier alpha value is -3.19. The third kappa shape index (κ3) is 11.2. The molecular formula is C30H40O6Si. The summed E-state index contributed by atoms with van der Waals surface area (Å²) in [4.78, 5) is 36.9. The molecule has 0 aliphatic carbocycles. The van der Waals surface area contributed by atoms with Gasteiger partial charge < -0.3 is 14.2 Å².